The third kappa shape index (κ3) is 2.62. The van der Waals surface area contributed by atoms with E-state index >= 15 is 0 Å². The molecule has 0 aromatic rings. The second kappa shape index (κ2) is 5.38. The number of hydrogen-bond donors (Lipinski definition) is 3. The smallest absolute Gasteiger partial charge is 0.324 e. The molecule has 3 N–H and O–H groups in total. The third-order valence-corrected chi connectivity index (χ3v) is 6.15. The quantitative estimate of drug-likeness (QED) is 0.342. The maximum Gasteiger partial charge on any atom is 0.324 e. The molecule has 0 fully saturated rings. The van der Waals surface area contributed by atoms with E-state index in [1.54, 1.807) is 0 Å². The molecule has 0 spiro atoms. The molecule has 0 heterocycles. The minimum Gasteiger partial charge on any atom is -0.481 e. The average Bonchev–Trinajstić information content (AvgIpc) is 2.14. The van der Waals surface area contributed by atoms with Crippen LogP contribution < -0.4 is 0 Å². The van der Waals surface area contributed by atoms with Crippen molar-refractivity contribution < 1.29 is 29.7 Å². The first-order chi connectivity index (χ1) is 8.05. The zero-order chi connectivity index (χ0) is 14.3. The minimum absolute atomic E-state index is 0.00154. The van der Waals surface area contributed by atoms with Gasteiger partial charge in [0.15, 0.2) is 3.42 Å². The van der Waals surface area contributed by atoms with Crippen LogP contribution in [0.2, 0.25) is 0 Å². The number of aliphatic carboxylic acids is 3. The van der Waals surface area contributed by atoms with Gasteiger partial charge in [-0.2, -0.15) is 0 Å². The summed E-state index contributed by atoms with van der Waals surface area (Å²) in [6.45, 7) is 0. The van der Waals surface area contributed by atoms with Crippen LogP contribution in [0.15, 0.2) is 9.66 Å². The molecular formula is C9H7I3O6. The highest BCUT2D eigenvalue weighted by atomic mass is 127. The Morgan fingerprint density at radius 3 is 2.00 bits per heavy atom. The number of alkyl halides is 2. The summed E-state index contributed by atoms with van der Waals surface area (Å²) in [6, 6.07) is 0. The summed E-state index contributed by atoms with van der Waals surface area (Å²) in [7, 11) is 0. The van der Waals surface area contributed by atoms with Gasteiger partial charge in [0.25, 0.3) is 0 Å². The molecule has 100 valence electrons. The van der Waals surface area contributed by atoms with E-state index in [1.165, 1.54) is 51.3 Å². The molecule has 3 atom stereocenters. The molecule has 1 aliphatic rings. The first kappa shape index (κ1) is 16.4. The molecule has 0 aromatic heterocycles. The number of allylic oxidation sites excluding steroid dienone is 1. The monoisotopic (exact) mass is 592 g/mol. The van der Waals surface area contributed by atoms with Gasteiger partial charge in [-0.1, -0.05) is 45.2 Å². The molecule has 1 rings (SSSR count). The van der Waals surface area contributed by atoms with Gasteiger partial charge >= 0.3 is 17.9 Å². The van der Waals surface area contributed by atoms with Crippen LogP contribution in [0.3, 0.4) is 0 Å². The van der Waals surface area contributed by atoms with Crippen LogP contribution in [0.1, 0.15) is 6.42 Å². The Bertz CT molecular complexity index is 461. The lowest BCUT2D eigenvalue weighted by atomic mass is 9.75. The molecule has 0 amide bonds. The van der Waals surface area contributed by atoms with Gasteiger partial charge in [0.2, 0.25) is 0 Å². The maximum absolute atomic E-state index is 11.3. The van der Waals surface area contributed by atoms with Crippen molar-refractivity contribution in [3.8, 4) is 0 Å². The van der Waals surface area contributed by atoms with E-state index in [0.29, 0.717) is 3.58 Å². The summed E-state index contributed by atoms with van der Waals surface area (Å²) < 4.78 is -2.91. The standard InChI is InChI=1S/C9H7I3O6/c10-3-1-8(11,6(15)16)4(5(13)14)9(12,2-3)7(17)18/h1,4H,2H2,(H,13,14)(H,15,16)(H,17,18). The first-order valence-corrected chi connectivity index (χ1v) is 7.74. The molecule has 0 saturated heterocycles. The number of hydrogen-bond acceptors (Lipinski definition) is 3. The second-order valence-electron chi connectivity index (χ2n) is 3.78. The Morgan fingerprint density at radius 1 is 1.17 bits per heavy atom. The van der Waals surface area contributed by atoms with Crippen LogP contribution in [-0.2, 0) is 14.4 Å². The summed E-state index contributed by atoms with van der Waals surface area (Å²) in [5.41, 5.74) is 0. The van der Waals surface area contributed by atoms with E-state index in [4.69, 9.17) is 0 Å². The molecular weight excluding hydrogens is 585 g/mol. The van der Waals surface area contributed by atoms with Gasteiger partial charge < -0.3 is 15.3 Å². The summed E-state index contributed by atoms with van der Waals surface area (Å²) in [4.78, 5) is 34.0. The van der Waals surface area contributed by atoms with Crippen molar-refractivity contribution in [2.24, 2.45) is 5.92 Å². The van der Waals surface area contributed by atoms with E-state index in [0.717, 1.165) is 0 Å². The van der Waals surface area contributed by atoms with Crippen molar-refractivity contribution in [1.29, 1.82) is 0 Å². The zero-order valence-corrected chi connectivity index (χ0v) is 15.0. The Kier molecular flexibility index (Phi) is 4.90. The van der Waals surface area contributed by atoms with Crippen molar-refractivity contribution >= 4 is 85.7 Å². The molecule has 18 heavy (non-hydrogen) atoms. The van der Waals surface area contributed by atoms with E-state index in [2.05, 4.69) is 0 Å². The van der Waals surface area contributed by atoms with E-state index in [9.17, 15) is 29.7 Å². The Hall–Kier alpha value is 0.340. The summed E-state index contributed by atoms with van der Waals surface area (Å²) in [5.74, 6) is -5.64. The van der Waals surface area contributed by atoms with Gasteiger partial charge in [-0.25, -0.2) is 0 Å². The fourth-order valence-electron chi connectivity index (χ4n) is 1.80. The van der Waals surface area contributed by atoms with Crippen LogP contribution in [0.25, 0.3) is 0 Å². The first-order valence-electron chi connectivity index (χ1n) is 4.50. The Morgan fingerprint density at radius 2 is 1.67 bits per heavy atom. The third-order valence-electron chi connectivity index (χ3n) is 2.60. The van der Waals surface area contributed by atoms with E-state index in [1.807, 2.05) is 22.6 Å². The number of carboxylic acid groups (broad SMARTS) is 3. The van der Waals surface area contributed by atoms with Crippen molar-refractivity contribution in [1.82, 2.24) is 0 Å². The lowest BCUT2D eigenvalue weighted by Gasteiger charge is -2.40. The molecule has 0 radical (unpaired) electrons. The molecule has 3 unspecified atom stereocenters. The Balaban J connectivity index is 3.53. The number of halogens is 3. The molecule has 0 saturated carbocycles. The maximum atomic E-state index is 11.3. The van der Waals surface area contributed by atoms with Gasteiger partial charge in [0.05, 0.1) is 0 Å². The highest BCUT2D eigenvalue weighted by Crippen LogP contribution is 2.51. The fourth-order valence-corrected chi connectivity index (χ4v) is 7.16. The van der Waals surface area contributed by atoms with Gasteiger partial charge in [-0.05, 0) is 32.2 Å². The molecule has 9 heteroatoms. The van der Waals surface area contributed by atoms with Crippen LogP contribution in [0.4, 0.5) is 0 Å². The second-order valence-corrected chi connectivity index (χ2v) is 8.88. The highest BCUT2D eigenvalue weighted by Gasteiger charge is 2.62. The van der Waals surface area contributed by atoms with Crippen LogP contribution in [0, 0.1) is 5.92 Å². The van der Waals surface area contributed by atoms with Crippen molar-refractivity contribution in [2.75, 3.05) is 0 Å². The van der Waals surface area contributed by atoms with Gasteiger partial charge in [0, 0.05) is 6.42 Å². The minimum atomic E-state index is -1.77. The summed E-state index contributed by atoms with van der Waals surface area (Å²) >= 11 is 4.88. The number of carbonyl (C=O) groups is 3. The lowest BCUT2D eigenvalue weighted by Crippen LogP contribution is -2.58. The number of carboxylic acids is 3. The van der Waals surface area contributed by atoms with Gasteiger partial charge in [-0.15, -0.1) is 0 Å². The van der Waals surface area contributed by atoms with Crippen molar-refractivity contribution in [3.05, 3.63) is 9.66 Å². The molecule has 0 aromatic carbocycles. The van der Waals surface area contributed by atoms with Gasteiger partial charge in [0.1, 0.15) is 9.34 Å². The van der Waals surface area contributed by atoms with Crippen molar-refractivity contribution in [3.63, 3.8) is 0 Å². The lowest BCUT2D eigenvalue weighted by molar-refractivity contribution is -0.155. The molecule has 6 nitrogen and oxygen atoms in total. The predicted octanol–water partition coefficient (Wildman–Crippen LogP) is 1.93. The molecule has 1 aliphatic carbocycles. The van der Waals surface area contributed by atoms with E-state index < -0.39 is 30.7 Å². The van der Waals surface area contributed by atoms with E-state index in [-0.39, 0.29) is 6.42 Å². The summed E-state index contributed by atoms with van der Waals surface area (Å²) in [5, 5.41) is 27.7. The molecule has 0 bridgehead atoms. The number of rotatable bonds is 3. The fraction of sp³-hybridized carbons (Fsp3) is 0.444. The van der Waals surface area contributed by atoms with Crippen LogP contribution in [0.5, 0.6) is 0 Å². The Labute approximate surface area is 143 Å². The summed E-state index contributed by atoms with van der Waals surface area (Å²) in [6.07, 6.45) is 1.31. The SMILES string of the molecule is O=C(O)C1C(I)(C(=O)O)C=C(I)CC1(I)C(=O)O. The van der Waals surface area contributed by atoms with Crippen LogP contribution >= 0.6 is 67.8 Å². The predicted molar refractivity (Wildman–Crippen MR) is 86.6 cm³/mol. The van der Waals surface area contributed by atoms with Gasteiger partial charge in [-0.3, -0.25) is 14.4 Å². The highest BCUT2D eigenvalue weighted by molar-refractivity contribution is 14.1. The average molecular weight is 592 g/mol. The van der Waals surface area contributed by atoms with Crippen LogP contribution in [-0.4, -0.2) is 40.1 Å². The molecule has 0 aliphatic heterocycles. The van der Waals surface area contributed by atoms with Crippen molar-refractivity contribution in [2.45, 2.75) is 13.3 Å². The zero-order valence-electron chi connectivity index (χ0n) is 8.56. The topological polar surface area (TPSA) is 112 Å². The normalized spacial score (nSPS) is 35.7. The largest absolute Gasteiger partial charge is 0.481 e.